The van der Waals surface area contributed by atoms with Crippen LogP contribution in [0.25, 0.3) is 0 Å². The van der Waals surface area contributed by atoms with Crippen molar-refractivity contribution in [3.63, 3.8) is 0 Å². The average Bonchev–Trinajstić information content (AvgIpc) is 2.87. The van der Waals surface area contributed by atoms with Gasteiger partial charge in [-0.3, -0.25) is 9.59 Å². The molecule has 206 valence electrons. The maximum absolute atomic E-state index is 13.5. The molecule has 1 aliphatic rings. The second-order valence-electron chi connectivity index (χ2n) is 10.8. The van der Waals surface area contributed by atoms with Gasteiger partial charge in [0.2, 0.25) is 5.78 Å². The van der Waals surface area contributed by atoms with E-state index in [-0.39, 0.29) is 23.7 Å². The van der Waals surface area contributed by atoms with E-state index in [1.165, 1.54) is 11.1 Å². The van der Waals surface area contributed by atoms with Gasteiger partial charge in [0.1, 0.15) is 0 Å². The number of ether oxygens (including phenoxy) is 1. The number of ketones is 1. The Kier molecular flexibility index (Phi) is 13.3. The van der Waals surface area contributed by atoms with Crippen LogP contribution in [0.1, 0.15) is 98.0 Å². The normalized spacial score (nSPS) is 18.4. The minimum Gasteiger partial charge on any atom is -0.381 e. The number of methoxy groups -OCH3 is 1. The van der Waals surface area contributed by atoms with E-state index in [9.17, 15) is 9.59 Å². The maximum atomic E-state index is 13.5. The molecule has 0 saturated heterocycles. The highest BCUT2D eigenvalue weighted by molar-refractivity contribution is 6.44. The molecule has 0 spiro atoms. The van der Waals surface area contributed by atoms with Crippen molar-refractivity contribution in [2.75, 3.05) is 25.1 Å². The predicted molar refractivity (Wildman–Crippen MR) is 155 cm³/mol. The van der Waals surface area contributed by atoms with Crippen LogP contribution < -0.4 is 10.2 Å². The number of anilines is 1. The molecule has 1 aromatic rings. The molecule has 4 atom stereocenters. The molecular weight excluding hydrogens is 460 g/mol. The fourth-order valence-electron chi connectivity index (χ4n) is 5.34. The molecule has 1 N–H and O–H groups in total. The summed E-state index contributed by atoms with van der Waals surface area (Å²) in [5.41, 5.74) is 4.64. The van der Waals surface area contributed by atoms with Crippen LogP contribution in [0, 0.1) is 5.92 Å². The first kappa shape index (κ1) is 31.0. The highest BCUT2D eigenvalue weighted by atomic mass is 16.5. The van der Waals surface area contributed by atoms with E-state index < -0.39 is 5.92 Å². The average molecular weight is 511 g/mol. The largest absolute Gasteiger partial charge is 0.381 e. The van der Waals surface area contributed by atoms with Gasteiger partial charge in [-0.25, -0.2) is 0 Å². The van der Waals surface area contributed by atoms with Crippen LogP contribution >= 0.6 is 0 Å². The number of fused-ring (bicyclic) bond motifs is 1. The summed E-state index contributed by atoms with van der Waals surface area (Å²) in [4.78, 5) is 28.3. The first-order valence-electron chi connectivity index (χ1n) is 14.2. The fourth-order valence-corrected chi connectivity index (χ4v) is 5.34. The van der Waals surface area contributed by atoms with E-state index in [0.29, 0.717) is 12.6 Å². The minimum atomic E-state index is -0.453. The van der Waals surface area contributed by atoms with Crippen molar-refractivity contribution in [1.82, 2.24) is 5.32 Å². The number of benzene rings is 1. The first-order valence-corrected chi connectivity index (χ1v) is 14.2. The standard InChI is InChI=1S/C32H50N2O3/c1-8-10-22-34-28-17-12-11-16-27(28)30(31(35)32(34)36)26(9-2)29(37-7)19-18-25(6)33-21-20-24(5)15-13-14-23(3)4/h11-12,14,16-17,20,25-26,29-30,33H,8-10,13,15,18-19,21-22H2,1-7H3/b24-20+. The number of Topliss-reactive ketones (excluding diaryl/α,β-unsaturated/α-hetero) is 1. The molecule has 5 heteroatoms. The molecule has 1 aliphatic heterocycles. The van der Waals surface area contributed by atoms with Gasteiger partial charge in [0.05, 0.1) is 12.0 Å². The third-order valence-electron chi connectivity index (χ3n) is 7.61. The van der Waals surface area contributed by atoms with Crippen LogP contribution in [0.2, 0.25) is 0 Å². The Labute approximate surface area is 225 Å². The Balaban J connectivity index is 2.06. The summed E-state index contributed by atoms with van der Waals surface area (Å²) in [7, 11) is 1.73. The van der Waals surface area contributed by atoms with Gasteiger partial charge in [0, 0.05) is 31.9 Å². The van der Waals surface area contributed by atoms with E-state index in [4.69, 9.17) is 4.74 Å². The second-order valence-corrected chi connectivity index (χ2v) is 10.8. The summed E-state index contributed by atoms with van der Waals surface area (Å²) in [6.07, 6.45) is 11.1. The topological polar surface area (TPSA) is 58.6 Å². The summed E-state index contributed by atoms with van der Waals surface area (Å²) in [6.45, 7) is 14.3. The van der Waals surface area contributed by atoms with Gasteiger partial charge in [-0.05, 0) is 83.8 Å². The Bertz CT molecular complexity index is 932. The lowest BCUT2D eigenvalue weighted by Crippen LogP contribution is -2.48. The van der Waals surface area contributed by atoms with E-state index in [1.807, 2.05) is 24.3 Å². The van der Waals surface area contributed by atoms with Gasteiger partial charge in [-0.2, -0.15) is 0 Å². The molecule has 1 heterocycles. The van der Waals surface area contributed by atoms with Crippen molar-refractivity contribution in [2.45, 2.75) is 105 Å². The van der Waals surface area contributed by atoms with Crippen molar-refractivity contribution in [2.24, 2.45) is 5.92 Å². The summed E-state index contributed by atoms with van der Waals surface area (Å²) in [5.74, 6) is -1.15. The fraction of sp³-hybridized carbons (Fsp3) is 0.625. The summed E-state index contributed by atoms with van der Waals surface area (Å²) in [6, 6.07) is 8.27. The van der Waals surface area contributed by atoms with Crippen LogP contribution in [-0.2, 0) is 14.3 Å². The van der Waals surface area contributed by atoms with Crippen LogP contribution in [0.5, 0.6) is 0 Å². The van der Waals surface area contributed by atoms with Gasteiger partial charge in [0.25, 0.3) is 5.91 Å². The molecule has 2 rings (SSSR count). The molecular formula is C32H50N2O3. The number of carbonyl (C=O) groups is 2. The van der Waals surface area contributed by atoms with Crippen molar-refractivity contribution in [3.05, 3.63) is 53.1 Å². The molecule has 0 aliphatic carbocycles. The number of amides is 1. The zero-order valence-electron chi connectivity index (χ0n) is 24.3. The summed E-state index contributed by atoms with van der Waals surface area (Å²) in [5, 5.41) is 3.61. The number of rotatable bonds is 16. The molecule has 0 bridgehead atoms. The Hall–Kier alpha value is -2.24. The van der Waals surface area contributed by atoms with E-state index >= 15 is 0 Å². The van der Waals surface area contributed by atoms with Gasteiger partial charge in [-0.1, -0.05) is 61.8 Å². The molecule has 1 aromatic carbocycles. The van der Waals surface area contributed by atoms with E-state index in [0.717, 1.165) is 62.7 Å². The number of hydrogen-bond acceptors (Lipinski definition) is 4. The number of nitrogens with zero attached hydrogens (tertiary/aromatic N) is 1. The third-order valence-corrected chi connectivity index (χ3v) is 7.61. The molecule has 0 aromatic heterocycles. The Morgan fingerprint density at radius 2 is 1.84 bits per heavy atom. The lowest BCUT2D eigenvalue weighted by Gasteiger charge is -2.38. The van der Waals surface area contributed by atoms with Crippen molar-refractivity contribution in [1.29, 1.82) is 0 Å². The van der Waals surface area contributed by atoms with Crippen LogP contribution in [0.4, 0.5) is 5.69 Å². The van der Waals surface area contributed by atoms with Gasteiger partial charge >= 0.3 is 0 Å². The Morgan fingerprint density at radius 1 is 1.11 bits per heavy atom. The Morgan fingerprint density at radius 3 is 2.49 bits per heavy atom. The highest BCUT2D eigenvalue weighted by Gasteiger charge is 2.44. The monoisotopic (exact) mass is 510 g/mol. The number of hydrogen-bond donors (Lipinski definition) is 1. The van der Waals surface area contributed by atoms with Gasteiger partial charge in [0.15, 0.2) is 0 Å². The molecule has 1 amide bonds. The smallest absolute Gasteiger partial charge is 0.295 e. The number of para-hydroxylation sites is 1. The van der Waals surface area contributed by atoms with Crippen molar-refractivity contribution < 1.29 is 14.3 Å². The third kappa shape index (κ3) is 8.93. The van der Waals surface area contributed by atoms with Crippen LogP contribution in [-0.4, -0.2) is 44.0 Å². The highest BCUT2D eigenvalue weighted by Crippen LogP contribution is 2.42. The SMILES string of the molecule is CCCCN1C(=O)C(=O)C(C(CC)C(CCC(C)NC/C=C(\C)CCC=C(C)C)OC)c2ccccc21. The van der Waals surface area contributed by atoms with Gasteiger partial charge in [-0.15, -0.1) is 0 Å². The predicted octanol–water partition coefficient (Wildman–Crippen LogP) is 6.98. The zero-order valence-corrected chi connectivity index (χ0v) is 24.3. The molecule has 0 saturated carbocycles. The lowest BCUT2D eigenvalue weighted by atomic mass is 9.74. The summed E-state index contributed by atoms with van der Waals surface area (Å²) < 4.78 is 5.98. The molecule has 4 unspecified atom stereocenters. The number of carbonyl (C=O) groups excluding carboxylic acids is 2. The van der Waals surface area contributed by atoms with Crippen molar-refractivity contribution in [3.8, 4) is 0 Å². The van der Waals surface area contributed by atoms with E-state index in [2.05, 4.69) is 59.0 Å². The van der Waals surface area contributed by atoms with Crippen LogP contribution in [0.15, 0.2) is 47.6 Å². The quantitative estimate of drug-likeness (QED) is 0.193. The molecule has 0 radical (unpaired) electrons. The number of nitrogens with one attached hydrogen (secondary N) is 1. The first-order chi connectivity index (χ1) is 17.7. The molecule has 5 nitrogen and oxygen atoms in total. The lowest BCUT2D eigenvalue weighted by molar-refractivity contribution is -0.139. The maximum Gasteiger partial charge on any atom is 0.295 e. The molecule has 0 fully saturated rings. The van der Waals surface area contributed by atoms with Crippen LogP contribution in [0.3, 0.4) is 0 Å². The van der Waals surface area contributed by atoms with E-state index in [1.54, 1.807) is 12.0 Å². The zero-order chi connectivity index (χ0) is 27.4. The number of unbranched alkanes of at least 4 members (excludes halogenated alkanes) is 1. The summed E-state index contributed by atoms with van der Waals surface area (Å²) >= 11 is 0. The van der Waals surface area contributed by atoms with Gasteiger partial charge < -0.3 is 15.0 Å². The number of allylic oxidation sites excluding steroid dienone is 3. The van der Waals surface area contributed by atoms with Crippen molar-refractivity contribution >= 4 is 17.4 Å². The second kappa shape index (κ2) is 15.9. The molecule has 37 heavy (non-hydrogen) atoms. The minimum absolute atomic E-state index is 0.0413.